The molecule has 0 bridgehead atoms. The molecule has 146 valence electrons. The van der Waals surface area contributed by atoms with E-state index in [4.69, 9.17) is 17.0 Å². The minimum absolute atomic E-state index is 0.0873. The third-order valence-corrected chi connectivity index (χ3v) is 6.02. The van der Waals surface area contributed by atoms with Gasteiger partial charge in [-0.15, -0.1) is 0 Å². The second-order valence-corrected chi connectivity index (χ2v) is 8.12. The van der Waals surface area contributed by atoms with Crippen LogP contribution in [0.3, 0.4) is 0 Å². The van der Waals surface area contributed by atoms with Gasteiger partial charge >= 0.3 is 0 Å². The van der Waals surface area contributed by atoms with Crippen molar-refractivity contribution in [3.63, 3.8) is 0 Å². The van der Waals surface area contributed by atoms with Gasteiger partial charge in [0, 0.05) is 0 Å². The molecular formula is C21H16N2O4S2. The second kappa shape index (κ2) is 7.81. The second-order valence-electron chi connectivity index (χ2n) is 6.45. The van der Waals surface area contributed by atoms with Crippen LogP contribution in [0.5, 0.6) is 5.75 Å². The molecule has 8 heteroatoms. The first kappa shape index (κ1) is 19.4. The molecule has 1 atom stereocenters. The van der Waals surface area contributed by atoms with Crippen molar-refractivity contribution in [2.75, 3.05) is 12.0 Å². The Kier molecular flexibility index (Phi) is 5.21. The Bertz CT molecular complexity index is 1030. The Labute approximate surface area is 177 Å². The Balaban J connectivity index is 1.58. The quantitative estimate of drug-likeness (QED) is 0.427. The van der Waals surface area contributed by atoms with E-state index < -0.39 is 11.9 Å². The normalized spacial score (nSPS) is 20.9. The fourth-order valence-electron chi connectivity index (χ4n) is 3.27. The zero-order valence-corrected chi connectivity index (χ0v) is 17.0. The molecule has 2 fully saturated rings. The van der Waals surface area contributed by atoms with Gasteiger partial charge in [-0.05, 0) is 35.9 Å². The molecule has 29 heavy (non-hydrogen) atoms. The summed E-state index contributed by atoms with van der Waals surface area (Å²) in [6.45, 7) is 0. The molecule has 2 aromatic carbocycles. The molecule has 0 unspecified atom stereocenters. The van der Waals surface area contributed by atoms with Crippen molar-refractivity contribution in [1.82, 2.24) is 4.90 Å². The number of hydrogen-bond acceptors (Lipinski definition) is 6. The molecule has 0 N–H and O–H groups in total. The fraction of sp³-hybridized carbons (Fsp3) is 0.143. The van der Waals surface area contributed by atoms with Crippen molar-refractivity contribution in [1.29, 1.82) is 0 Å². The molecule has 2 saturated heterocycles. The van der Waals surface area contributed by atoms with E-state index >= 15 is 0 Å². The number of benzene rings is 2. The smallest absolute Gasteiger partial charge is 0.266 e. The average molecular weight is 425 g/mol. The number of carbonyl (C=O) groups is 3. The number of thioether (sulfide) groups is 1. The lowest BCUT2D eigenvalue weighted by atomic mass is 10.2. The van der Waals surface area contributed by atoms with Crippen LogP contribution in [0, 0.1) is 0 Å². The highest BCUT2D eigenvalue weighted by atomic mass is 32.2. The first-order chi connectivity index (χ1) is 14.0. The number of anilines is 1. The number of hydrogen-bond donors (Lipinski definition) is 0. The third kappa shape index (κ3) is 3.56. The summed E-state index contributed by atoms with van der Waals surface area (Å²) in [6.07, 6.45) is 1.63. The number of methoxy groups -OCH3 is 1. The SMILES string of the molecule is COc1ccc(/C=C2/SC(=S)N([C@@H]3CC(=O)N(c4ccccc4)C3=O)C2=O)cc1. The number of imide groups is 1. The van der Waals surface area contributed by atoms with E-state index in [1.54, 1.807) is 55.7 Å². The van der Waals surface area contributed by atoms with Crippen molar-refractivity contribution < 1.29 is 19.1 Å². The minimum atomic E-state index is -0.919. The summed E-state index contributed by atoms with van der Waals surface area (Å²) in [5, 5.41) is 0. The molecule has 2 aliphatic rings. The van der Waals surface area contributed by atoms with Crippen LogP contribution in [0.4, 0.5) is 5.69 Å². The highest BCUT2D eigenvalue weighted by Crippen LogP contribution is 2.37. The van der Waals surface area contributed by atoms with Gasteiger partial charge < -0.3 is 4.74 Å². The molecule has 0 radical (unpaired) electrons. The Morgan fingerprint density at radius 2 is 1.76 bits per heavy atom. The number of nitrogens with zero attached hydrogens (tertiary/aromatic N) is 2. The van der Waals surface area contributed by atoms with E-state index in [1.165, 1.54) is 4.90 Å². The topological polar surface area (TPSA) is 66.9 Å². The fourth-order valence-corrected chi connectivity index (χ4v) is 4.62. The van der Waals surface area contributed by atoms with Crippen LogP contribution in [0.1, 0.15) is 12.0 Å². The van der Waals surface area contributed by atoms with Crippen molar-refractivity contribution >= 4 is 57.8 Å². The van der Waals surface area contributed by atoms with E-state index in [9.17, 15) is 14.4 Å². The molecule has 6 nitrogen and oxygen atoms in total. The van der Waals surface area contributed by atoms with Crippen molar-refractivity contribution in [3.05, 3.63) is 65.1 Å². The Morgan fingerprint density at radius 1 is 1.07 bits per heavy atom. The number of amides is 3. The summed E-state index contributed by atoms with van der Waals surface area (Å²) >= 11 is 6.49. The van der Waals surface area contributed by atoms with Crippen LogP contribution in [0.15, 0.2) is 59.5 Å². The standard InChI is InChI=1S/C21H16N2O4S2/c1-27-15-9-7-13(8-10-15)11-17-20(26)23(21(28)29-17)16-12-18(24)22(19(16)25)14-5-3-2-4-6-14/h2-11,16H,12H2,1H3/b17-11+/t16-/m1/s1. The number of ether oxygens (including phenoxy) is 1. The molecule has 2 aromatic rings. The van der Waals surface area contributed by atoms with Crippen LogP contribution < -0.4 is 9.64 Å². The maximum absolute atomic E-state index is 13.0. The highest BCUT2D eigenvalue weighted by Gasteiger charge is 2.48. The maximum atomic E-state index is 13.0. The molecular weight excluding hydrogens is 408 g/mol. The third-order valence-electron chi connectivity index (χ3n) is 4.69. The van der Waals surface area contributed by atoms with Crippen LogP contribution in [-0.4, -0.2) is 40.1 Å². The Hall–Kier alpha value is -2.97. The van der Waals surface area contributed by atoms with E-state index in [1.807, 2.05) is 12.1 Å². The summed E-state index contributed by atoms with van der Waals surface area (Å²) in [7, 11) is 1.58. The zero-order chi connectivity index (χ0) is 20.5. The predicted octanol–water partition coefficient (Wildman–Crippen LogP) is 3.23. The number of para-hydroxylation sites is 1. The van der Waals surface area contributed by atoms with Gasteiger partial charge in [-0.3, -0.25) is 19.3 Å². The molecule has 3 amide bonds. The van der Waals surface area contributed by atoms with Gasteiger partial charge in [0.25, 0.3) is 11.8 Å². The van der Waals surface area contributed by atoms with E-state index in [2.05, 4.69) is 0 Å². The van der Waals surface area contributed by atoms with Crippen LogP contribution in [0.2, 0.25) is 0 Å². The van der Waals surface area contributed by atoms with Crippen LogP contribution in [-0.2, 0) is 14.4 Å². The molecule has 2 aliphatic heterocycles. The molecule has 0 spiro atoms. The summed E-state index contributed by atoms with van der Waals surface area (Å²) in [6, 6.07) is 15.0. The van der Waals surface area contributed by atoms with Gasteiger partial charge in [-0.1, -0.05) is 54.3 Å². The first-order valence-corrected chi connectivity index (χ1v) is 10.0. The lowest BCUT2D eigenvalue weighted by molar-refractivity contribution is -0.129. The van der Waals surface area contributed by atoms with Crippen molar-refractivity contribution in [2.24, 2.45) is 0 Å². The largest absolute Gasteiger partial charge is 0.497 e. The Morgan fingerprint density at radius 3 is 2.41 bits per heavy atom. The summed E-state index contributed by atoms with van der Waals surface area (Å²) < 4.78 is 5.41. The first-order valence-electron chi connectivity index (χ1n) is 8.82. The van der Waals surface area contributed by atoms with Gasteiger partial charge in [0.2, 0.25) is 5.91 Å². The predicted molar refractivity (Wildman–Crippen MR) is 115 cm³/mol. The average Bonchev–Trinajstić information content (AvgIpc) is 3.17. The number of thiocarbonyl (C=S) groups is 1. The van der Waals surface area contributed by atoms with E-state index in [0.29, 0.717) is 16.3 Å². The lowest BCUT2D eigenvalue weighted by Crippen LogP contribution is -2.44. The van der Waals surface area contributed by atoms with Crippen molar-refractivity contribution in [2.45, 2.75) is 12.5 Å². The van der Waals surface area contributed by atoms with E-state index in [0.717, 1.165) is 22.2 Å². The van der Waals surface area contributed by atoms with E-state index in [-0.39, 0.29) is 22.6 Å². The van der Waals surface area contributed by atoms with Crippen LogP contribution in [0.25, 0.3) is 6.08 Å². The van der Waals surface area contributed by atoms with Gasteiger partial charge in [0.05, 0.1) is 24.1 Å². The number of carbonyl (C=O) groups excluding carboxylic acids is 3. The zero-order valence-electron chi connectivity index (χ0n) is 15.4. The molecule has 0 aromatic heterocycles. The molecule has 4 rings (SSSR count). The minimum Gasteiger partial charge on any atom is -0.497 e. The summed E-state index contributed by atoms with van der Waals surface area (Å²) in [5.74, 6) is -0.440. The lowest BCUT2D eigenvalue weighted by Gasteiger charge is -2.21. The van der Waals surface area contributed by atoms with Crippen molar-refractivity contribution in [3.8, 4) is 5.75 Å². The molecule has 0 aliphatic carbocycles. The summed E-state index contributed by atoms with van der Waals surface area (Å²) in [4.78, 5) is 41.2. The summed E-state index contributed by atoms with van der Waals surface area (Å²) in [5.41, 5.74) is 1.30. The van der Waals surface area contributed by atoms with Gasteiger partial charge in [-0.2, -0.15) is 0 Å². The van der Waals surface area contributed by atoms with Gasteiger partial charge in [0.15, 0.2) is 0 Å². The molecule has 2 heterocycles. The maximum Gasteiger partial charge on any atom is 0.266 e. The van der Waals surface area contributed by atoms with Gasteiger partial charge in [-0.25, -0.2) is 4.90 Å². The number of rotatable bonds is 4. The van der Waals surface area contributed by atoms with Gasteiger partial charge in [0.1, 0.15) is 16.1 Å². The molecule has 0 saturated carbocycles. The van der Waals surface area contributed by atoms with Crippen LogP contribution >= 0.6 is 24.0 Å². The highest BCUT2D eigenvalue weighted by molar-refractivity contribution is 8.26. The monoisotopic (exact) mass is 424 g/mol.